The Hall–Kier alpha value is -2.85. The van der Waals surface area contributed by atoms with Gasteiger partial charge in [0.1, 0.15) is 17.3 Å². The van der Waals surface area contributed by atoms with Crippen LogP contribution in [0.3, 0.4) is 0 Å². The summed E-state index contributed by atoms with van der Waals surface area (Å²) in [7, 11) is 1.25. The van der Waals surface area contributed by atoms with E-state index in [4.69, 9.17) is 9.47 Å². The molecular formula is C23H31F4NO6. The summed E-state index contributed by atoms with van der Waals surface area (Å²) in [6.45, 7) is 7.41. The number of alkyl halides is 4. The number of esters is 1. The van der Waals surface area contributed by atoms with E-state index in [1.54, 1.807) is 20.8 Å². The summed E-state index contributed by atoms with van der Waals surface area (Å²) >= 11 is 0. The summed E-state index contributed by atoms with van der Waals surface area (Å²) in [5, 5.41) is 9.49. The number of carbonyl (C=O) groups excluding carboxylic acids is 2. The molecule has 7 nitrogen and oxygen atoms in total. The molecule has 34 heavy (non-hydrogen) atoms. The maximum Gasteiger partial charge on any atom is 0.416 e. The maximum absolute atomic E-state index is 14.1. The Kier molecular flexibility index (Phi) is 9.48. The van der Waals surface area contributed by atoms with E-state index in [0.717, 1.165) is 29.2 Å². The van der Waals surface area contributed by atoms with Gasteiger partial charge in [-0.25, -0.2) is 18.8 Å². The van der Waals surface area contributed by atoms with Crippen LogP contribution in [0.15, 0.2) is 24.3 Å². The van der Waals surface area contributed by atoms with E-state index >= 15 is 0 Å². The van der Waals surface area contributed by atoms with Crippen molar-refractivity contribution in [1.82, 2.24) is 4.90 Å². The molecule has 0 saturated heterocycles. The predicted molar refractivity (Wildman–Crippen MR) is 115 cm³/mol. The van der Waals surface area contributed by atoms with Crippen LogP contribution >= 0.6 is 0 Å². The van der Waals surface area contributed by atoms with E-state index in [9.17, 15) is 37.1 Å². The Bertz CT molecular complexity index is 856. The van der Waals surface area contributed by atoms with Crippen molar-refractivity contribution in [2.75, 3.05) is 7.05 Å². The zero-order chi connectivity index (χ0) is 26.5. The molecule has 0 unspecified atom stereocenters. The second-order valence-corrected chi connectivity index (χ2v) is 9.53. The Morgan fingerprint density at radius 1 is 1.00 bits per heavy atom. The molecule has 11 heteroatoms. The van der Waals surface area contributed by atoms with Crippen LogP contribution in [-0.2, 0) is 31.7 Å². The van der Waals surface area contributed by atoms with Gasteiger partial charge < -0.3 is 14.6 Å². The van der Waals surface area contributed by atoms with Gasteiger partial charge in [-0.1, -0.05) is 12.1 Å². The highest BCUT2D eigenvalue weighted by Gasteiger charge is 2.36. The first-order valence-electron chi connectivity index (χ1n) is 10.5. The molecule has 0 radical (unpaired) electrons. The van der Waals surface area contributed by atoms with Crippen molar-refractivity contribution in [2.45, 2.75) is 83.5 Å². The van der Waals surface area contributed by atoms with Crippen molar-refractivity contribution in [3.05, 3.63) is 35.4 Å². The van der Waals surface area contributed by atoms with Gasteiger partial charge in [0.25, 0.3) is 0 Å². The summed E-state index contributed by atoms with van der Waals surface area (Å²) in [6, 6.07) is 2.40. The lowest BCUT2D eigenvalue weighted by Gasteiger charge is -2.31. The van der Waals surface area contributed by atoms with Crippen molar-refractivity contribution < 1.29 is 46.5 Å². The Balaban J connectivity index is 3.06. The molecule has 1 amide bonds. The zero-order valence-corrected chi connectivity index (χ0v) is 20.0. The molecule has 0 saturated carbocycles. The maximum atomic E-state index is 14.1. The minimum atomic E-state index is -4.55. The number of likely N-dealkylation sites (N-methyl/N-ethyl adjacent to an activating group) is 1. The summed E-state index contributed by atoms with van der Waals surface area (Å²) in [4.78, 5) is 37.9. The smallest absolute Gasteiger partial charge is 0.416 e. The molecule has 2 atom stereocenters. The van der Waals surface area contributed by atoms with E-state index in [1.165, 1.54) is 20.9 Å². The van der Waals surface area contributed by atoms with Crippen molar-refractivity contribution in [1.29, 1.82) is 0 Å². The Labute approximate surface area is 196 Å². The number of carboxylic acid groups (broad SMARTS) is 1. The lowest BCUT2D eigenvalue weighted by Crippen LogP contribution is -2.47. The van der Waals surface area contributed by atoms with Gasteiger partial charge in [0.2, 0.25) is 6.10 Å². The van der Waals surface area contributed by atoms with Gasteiger partial charge in [-0.3, -0.25) is 4.90 Å². The van der Waals surface area contributed by atoms with Gasteiger partial charge in [0.15, 0.2) is 0 Å². The van der Waals surface area contributed by atoms with Crippen LogP contribution in [0.25, 0.3) is 0 Å². The number of nitrogens with zero attached hydrogens (tertiary/aromatic N) is 1. The highest BCUT2D eigenvalue weighted by Crippen LogP contribution is 2.29. The number of halogens is 4. The topological polar surface area (TPSA) is 93.1 Å². The van der Waals surface area contributed by atoms with Gasteiger partial charge in [-0.05, 0) is 65.2 Å². The summed E-state index contributed by atoms with van der Waals surface area (Å²) in [6.07, 6.45) is -7.91. The normalized spacial score (nSPS) is 14.2. The van der Waals surface area contributed by atoms with Gasteiger partial charge in [-0.15, -0.1) is 0 Å². The van der Waals surface area contributed by atoms with Crippen LogP contribution < -0.4 is 0 Å². The van der Waals surface area contributed by atoms with Crippen molar-refractivity contribution >= 4 is 18.0 Å². The molecule has 0 bridgehead atoms. The van der Waals surface area contributed by atoms with E-state index in [2.05, 4.69) is 0 Å². The number of ether oxygens (including phenoxy) is 2. The van der Waals surface area contributed by atoms with Crippen molar-refractivity contribution in [3.63, 3.8) is 0 Å². The Morgan fingerprint density at radius 2 is 1.53 bits per heavy atom. The molecule has 0 aliphatic rings. The van der Waals surface area contributed by atoms with Gasteiger partial charge >= 0.3 is 24.2 Å². The Morgan fingerprint density at radius 3 is 1.94 bits per heavy atom. The summed E-state index contributed by atoms with van der Waals surface area (Å²) < 4.78 is 62.6. The SMILES string of the molecule is CN(C(=O)OC(C)(C)C)[C@@H](CCC(C)(C)F)C(=O)O[C@H](Cc1ccc(C(F)(F)F)cc1)C(=O)O. The van der Waals surface area contributed by atoms with Gasteiger partial charge in [0, 0.05) is 13.5 Å². The van der Waals surface area contributed by atoms with Gasteiger partial charge in [-0.2, -0.15) is 13.2 Å². The average molecular weight is 493 g/mol. The molecule has 0 fully saturated rings. The number of aliphatic carboxylic acids is 1. The number of rotatable bonds is 9. The monoisotopic (exact) mass is 493 g/mol. The molecule has 0 aromatic heterocycles. The molecule has 1 rings (SSSR count). The third-order valence-electron chi connectivity index (χ3n) is 4.67. The lowest BCUT2D eigenvalue weighted by atomic mass is 10.00. The first-order chi connectivity index (χ1) is 15.3. The second-order valence-electron chi connectivity index (χ2n) is 9.53. The number of amides is 1. The molecule has 0 aliphatic carbocycles. The van der Waals surface area contributed by atoms with Crippen LogP contribution in [0.5, 0.6) is 0 Å². The number of carboxylic acids is 1. The van der Waals surface area contributed by atoms with E-state index < -0.39 is 59.6 Å². The third-order valence-corrected chi connectivity index (χ3v) is 4.67. The van der Waals surface area contributed by atoms with Crippen LogP contribution in [0.2, 0.25) is 0 Å². The standard InChI is InChI=1S/C23H31F4NO6/c1-21(2,3)34-20(32)28(6)16(11-12-22(4,5)24)19(31)33-17(18(29)30)13-14-7-9-15(10-8-14)23(25,26)27/h7-10,16-17H,11-13H2,1-6H3,(H,29,30)/t16-,17+/m0/s1. The minimum Gasteiger partial charge on any atom is -0.478 e. The predicted octanol–water partition coefficient (Wildman–Crippen LogP) is 5.01. The largest absolute Gasteiger partial charge is 0.478 e. The third kappa shape index (κ3) is 9.96. The summed E-state index contributed by atoms with van der Waals surface area (Å²) in [5.74, 6) is -2.63. The first-order valence-corrected chi connectivity index (χ1v) is 10.5. The highest BCUT2D eigenvalue weighted by molar-refractivity contribution is 5.84. The fraction of sp³-hybridized carbons (Fsp3) is 0.609. The molecule has 0 aliphatic heterocycles. The number of hydrogen-bond donors (Lipinski definition) is 1. The lowest BCUT2D eigenvalue weighted by molar-refractivity contribution is -0.167. The number of hydrogen-bond acceptors (Lipinski definition) is 5. The van der Waals surface area contributed by atoms with Crippen molar-refractivity contribution in [3.8, 4) is 0 Å². The average Bonchev–Trinajstić information content (AvgIpc) is 2.64. The van der Waals surface area contributed by atoms with Crippen LogP contribution in [0, 0.1) is 0 Å². The fourth-order valence-corrected chi connectivity index (χ4v) is 2.85. The highest BCUT2D eigenvalue weighted by atomic mass is 19.4. The zero-order valence-electron chi connectivity index (χ0n) is 20.0. The second kappa shape index (κ2) is 11.1. The fourth-order valence-electron chi connectivity index (χ4n) is 2.85. The number of carbonyl (C=O) groups is 3. The van der Waals surface area contributed by atoms with E-state index in [1.807, 2.05) is 0 Å². The van der Waals surface area contributed by atoms with E-state index in [0.29, 0.717) is 0 Å². The molecule has 192 valence electrons. The molecular weight excluding hydrogens is 462 g/mol. The molecule has 1 aromatic carbocycles. The minimum absolute atomic E-state index is 0.142. The molecule has 0 spiro atoms. The molecule has 0 heterocycles. The first kappa shape index (κ1) is 29.2. The van der Waals surface area contributed by atoms with Crippen LogP contribution in [-0.4, -0.2) is 58.5 Å². The van der Waals surface area contributed by atoms with Gasteiger partial charge in [0.05, 0.1) is 5.56 Å². The quantitative estimate of drug-likeness (QED) is 0.384. The summed E-state index contributed by atoms with van der Waals surface area (Å²) in [5.41, 5.74) is -3.28. The number of benzene rings is 1. The van der Waals surface area contributed by atoms with Crippen LogP contribution in [0.4, 0.5) is 22.4 Å². The molecule has 1 aromatic rings. The molecule has 1 N–H and O–H groups in total. The van der Waals surface area contributed by atoms with Crippen LogP contribution in [0.1, 0.15) is 58.6 Å². The van der Waals surface area contributed by atoms with E-state index in [-0.39, 0.29) is 18.4 Å². The van der Waals surface area contributed by atoms with Crippen molar-refractivity contribution in [2.24, 2.45) is 0 Å².